The van der Waals surface area contributed by atoms with E-state index in [1.807, 2.05) is 0 Å². The molecule has 0 aromatic rings. The number of aliphatic hydroxyl groups excluding tert-OH is 4. The van der Waals surface area contributed by atoms with E-state index in [1.54, 1.807) is 4.72 Å². The van der Waals surface area contributed by atoms with Gasteiger partial charge < -0.3 is 68.2 Å². The van der Waals surface area contributed by atoms with Crippen molar-refractivity contribution >= 4 is 31.1 Å². The van der Waals surface area contributed by atoms with Crippen LogP contribution in [0.2, 0.25) is 0 Å². The summed E-state index contributed by atoms with van der Waals surface area (Å²) in [6, 6.07) is -1.51. The fraction of sp³-hybridized carbons (Fsp3) is 0.765. The Balaban J connectivity index is -0.000000255. The smallest absolute Gasteiger partial charge is 0.735 e. The summed E-state index contributed by atoms with van der Waals surface area (Å²) in [5, 5.41) is 40.0. The number of nitrogens with one attached hydrogen (secondary N) is 2. The summed E-state index contributed by atoms with van der Waals surface area (Å²) in [5.41, 5.74) is 8.26. The third-order valence-corrected chi connectivity index (χ3v) is 5.56. The number of methoxy groups -OCH3 is 1. The zero-order chi connectivity index (χ0) is 33.3. The summed E-state index contributed by atoms with van der Waals surface area (Å²) in [7, 11) is -13.4. The van der Waals surface area contributed by atoms with Gasteiger partial charge in [-0.2, -0.15) is 13.2 Å². The van der Waals surface area contributed by atoms with Crippen molar-refractivity contribution in [3.05, 3.63) is 31.8 Å². The third kappa shape index (κ3) is 30.9. The Bertz CT molecular complexity index is 1140. The Kier molecular flexibility index (Phi) is 41.9. The molecule has 0 spiro atoms. The van der Waals surface area contributed by atoms with Crippen LogP contribution in [0.25, 0.3) is 5.73 Å². The van der Waals surface area contributed by atoms with E-state index in [0.29, 0.717) is 0 Å². The molecule has 3 saturated heterocycles. The maximum absolute atomic E-state index is 11.0. The molecule has 8 N–H and O–H groups in total. The summed E-state index contributed by atoms with van der Waals surface area (Å²) >= 11 is 0. The van der Waals surface area contributed by atoms with Gasteiger partial charge in [0, 0.05) is 26.2 Å². The van der Waals surface area contributed by atoms with E-state index in [0.717, 1.165) is 19.6 Å². The minimum atomic E-state index is -4.92. The van der Waals surface area contributed by atoms with Gasteiger partial charge in [-0.3, -0.25) is 9.11 Å². The molecule has 258 valence electrons. The molecule has 3 aliphatic rings. The Morgan fingerprint density at radius 2 is 1.20 bits per heavy atom. The summed E-state index contributed by atoms with van der Waals surface area (Å²) in [6.07, 6.45) is -10.6. The maximum atomic E-state index is 11.0. The Labute approximate surface area is 416 Å². The molecule has 0 saturated carbocycles. The van der Waals surface area contributed by atoms with Crippen LogP contribution < -0.4 is 182 Å². The molecule has 0 amide bonds. The van der Waals surface area contributed by atoms with Crippen LogP contribution in [0.4, 0.5) is 0 Å². The van der Waals surface area contributed by atoms with Crippen molar-refractivity contribution in [2.24, 2.45) is 0 Å². The molecule has 0 aliphatic carbocycles. The quantitative estimate of drug-likeness (QED) is 0.0517. The Hall–Kier alpha value is 5.17. The van der Waals surface area contributed by atoms with Crippen molar-refractivity contribution in [1.82, 2.24) is 4.72 Å². The Morgan fingerprint density at radius 3 is 1.61 bits per heavy atom. The fourth-order valence-electron chi connectivity index (χ4n) is 3.30. The second-order valence-electron chi connectivity index (χ2n) is 8.29. The molecule has 0 radical (unpaired) electrons. The van der Waals surface area contributed by atoms with Crippen molar-refractivity contribution in [3.63, 3.8) is 0 Å². The van der Waals surface area contributed by atoms with Crippen LogP contribution in [0.1, 0.15) is 0 Å². The topological polar surface area (TPSA) is 384 Å². The molecule has 49 heavy (non-hydrogen) atoms. The van der Waals surface area contributed by atoms with Gasteiger partial charge in [0.25, 0.3) is 0 Å². The molecule has 32 heteroatoms. The molecule has 11 atom stereocenters. The van der Waals surface area contributed by atoms with Crippen LogP contribution in [-0.2, 0) is 59.5 Å². The minimum Gasteiger partial charge on any atom is -0.735 e. The van der Waals surface area contributed by atoms with Gasteiger partial charge >= 0.3 is 177 Å². The van der Waals surface area contributed by atoms with Gasteiger partial charge in [-0.05, 0) is 12.2 Å². The molecule has 3 aliphatic heterocycles. The zero-order valence-electron chi connectivity index (χ0n) is 27.4. The first-order valence-electron chi connectivity index (χ1n) is 11.2. The summed E-state index contributed by atoms with van der Waals surface area (Å²) in [4.78, 5) is 0. The third-order valence-electron chi connectivity index (χ3n) is 5.04. The largest absolute Gasteiger partial charge is 1.00 e. The molecule has 3 fully saturated rings. The number of hydrogen-bond donors (Lipinski definition) is 7. The normalized spacial score (nSPS) is 32.8. The van der Waals surface area contributed by atoms with Crippen LogP contribution in [0.15, 0.2) is 0 Å². The first-order chi connectivity index (χ1) is 19.5. The average molecular weight is 831 g/mol. The second-order valence-corrected chi connectivity index (χ2v) is 11.2. The van der Waals surface area contributed by atoms with Gasteiger partial charge in [0.2, 0.25) is 20.8 Å². The SMILES string of the molecule is CO[C@H]1[CH-][C@H](O)[C@H](O[C@@H]2OC(CNS(=O)(=O)[O-])[C@@H](O[C@H]3[CH-][C@H](O)[C@H](O)[CH-]O3)[C@H](O)C2[NH-])[CH-]O1.O=S(=O)([O-])O.O=S(=O)([O-])O.[Na+].[Na+].[Na+].[Na+].[Na+].[Na+]. The summed E-state index contributed by atoms with van der Waals surface area (Å²) in [5.74, 6) is 0. The average Bonchev–Trinajstić information content (AvgIpc) is 2.83. The second kappa shape index (κ2) is 31.1. The van der Waals surface area contributed by atoms with Crippen LogP contribution in [0, 0.1) is 26.1 Å². The van der Waals surface area contributed by atoms with Gasteiger partial charge in [0.05, 0.1) is 6.10 Å². The Morgan fingerprint density at radius 1 is 0.755 bits per heavy atom. The predicted octanol–water partition coefficient (Wildman–Crippen LogP) is -23.5. The van der Waals surface area contributed by atoms with E-state index in [2.05, 4.69) is 0 Å². The van der Waals surface area contributed by atoms with Crippen molar-refractivity contribution in [2.45, 2.75) is 67.6 Å². The molecular weight excluding hydrogens is 802 g/mol. The van der Waals surface area contributed by atoms with Crippen LogP contribution >= 0.6 is 0 Å². The minimum absolute atomic E-state index is 0. The molecule has 3 rings (SSSR count). The molecule has 0 aromatic carbocycles. The van der Waals surface area contributed by atoms with Gasteiger partial charge in [0.1, 0.15) is 18.5 Å². The van der Waals surface area contributed by atoms with E-state index >= 15 is 0 Å². The van der Waals surface area contributed by atoms with Gasteiger partial charge in [-0.15, -0.1) is 0 Å². The van der Waals surface area contributed by atoms with Gasteiger partial charge in [-0.1, -0.05) is 18.2 Å². The molecule has 0 aromatic heterocycles. The first kappa shape index (κ1) is 66.0. The van der Waals surface area contributed by atoms with E-state index < -0.39 is 105 Å². The molecular formula is C17H28N2Na6O21S3-2. The van der Waals surface area contributed by atoms with Crippen LogP contribution in [0.3, 0.4) is 0 Å². The van der Waals surface area contributed by atoms with E-state index in [-0.39, 0.29) is 177 Å². The summed E-state index contributed by atoms with van der Waals surface area (Å²) in [6.45, 7) is 1.36. The van der Waals surface area contributed by atoms with Crippen molar-refractivity contribution in [1.29, 1.82) is 0 Å². The van der Waals surface area contributed by atoms with Crippen molar-refractivity contribution < 1.29 is 274 Å². The van der Waals surface area contributed by atoms with Gasteiger partial charge in [0.15, 0.2) is 10.3 Å². The summed E-state index contributed by atoms with van der Waals surface area (Å²) < 4.78 is 132. The molecule has 0 bridgehead atoms. The van der Waals surface area contributed by atoms with Crippen molar-refractivity contribution in [2.75, 3.05) is 13.7 Å². The van der Waals surface area contributed by atoms with Crippen LogP contribution in [-0.4, -0.2) is 150 Å². The number of hydrogen-bond acceptors (Lipinski definition) is 19. The predicted molar refractivity (Wildman–Crippen MR) is 127 cm³/mol. The van der Waals surface area contributed by atoms with Crippen molar-refractivity contribution in [3.8, 4) is 0 Å². The number of ether oxygens (including phenoxy) is 6. The van der Waals surface area contributed by atoms with E-state index in [1.165, 1.54) is 13.5 Å². The fourth-order valence-corrected chi connectivity index (χ4v) is 3.67. The molecule has 23 nitrogen and oxygen atoms in total. The van der Waals surface area contributed by atoms with E-state index in [9.17, 15) is 33.4 Å². The number of rotatable bonds is 8. The zero-order valence-corrected chi connectivity index (χ0v) is 41.8. The van der Waals surface area contributed by atoms with Gasteiger partial charge in [-0.25, -0.2) is 42.8 Å². The van der Waals surface area contributed by atoms with E-state index in [4.69, 9.17) is 69.2 Å². The van der Waals surface area contributed by atoms with Crippen LogP contribution in [0.5, 0.6) is 0 Å². The molecule has 3 heterocycles. The number of aliphatic hydroxyl groups is 4. The maximum Gasteiger partial charge on any atom is 1.00 e. The standard InChI is InChI=1S/C17H27N2O13S.6Na.2H2O4S/c1-27-12-3-8(21)11(6-29-12)31-17-14(18)15(23)16(10(30-17)4-19-33(24,25)26)32-13-2-7(20)9(22)5-28-13;;;;;;;2*1-5(2,3)4/h2-3,5-23H,4H2,1H3,(H,24,25,26);;;;;;;2*(H2,1,2,3,4)/q-5;6*+1;;/p-3/t7-,8-,9+,10?,11+,12+,13-,14?,15+,16+,17-;;;;;;;;/m0......../s1. The first-order valence-corrected chi connectivity index (χ1v) is 15.3. The monoisotopic (exact) mass is 830 g/mol. The molecule has 2 unspecified atom stereocenters.